The first-order valence-electron chi connectivity index (χ1n) is 9.18. The quantitative estimate of drug-likeness (QED) is 0.474. The van der Waals surface area contributed by atoms with Gasteiger partial charge in [-0.3, -0.25) is 5.32 Å². The molecule has 1 aromatic heterocycles. The lowest BCUT2D eigenvalue weighted by Gasteiger charge is -2.14. The highest BCUT2D eigenvalue weighted by Crippen LogP contribution is 2.24. The van der Waals surface area contributed by atoms with E-state index in [1.165, 1.54) is 19.2 Å². The topological polar surface area (TPSA) is 106 Å². The van der Waals surface area contributed by atoms with Gasteiger partial charge in [-0.1, -0.05) is 29.8 Å². The minimum atomic E-state index is -3.99. The van der Waals surface area contributed by atoms with Crippen LogP contribution in [-0.4, -0.2) is 31.5 Å². The zero-order chi connectivity index (χ0) is 21.7. The Hall–Kier alpha value is -3.46. The fraction of sp³-hybridized carbons (Fsp3) is 0.190. The summed E-state index contributed by atoms with van der Waals surface area (Å²) >= 11 is 0. The summed E-state index contributed by atoms with van der Waals surface area (Å²) in [5.74, 6) is 0.707. The van der Waals surface area contributed by atoms with Crippen LogP contribution in [0.15, 0.2) is 63.9 Å². The van der Waals surface area contributed by atoms with Crippen LogP contribution in [0.3, 0.4) is 0 Å². The first-order valence-corrected chi connectivity index (χ1v) is 10.6. The summed E-state index contributed by atoms with van der Waals surface area (Å²) in [7, 11) is -2.46. The van der Waals surface area contributed by atoms with Crippen molar-refractivity contribution >= 4 is 27.6 Å². The minimum absolute atomic E-state index is 0.0509. The number of nitrogens with one attached hydrogen (secondary N) is 2. The van der Waals surface area contributed by atoms with Crippen LogP contribution in [-0.2, 0) is 10.0 Å². The molecule has 0 spiro atoms. The molecule has 0 radical (unpaired) electrons. The number of methoxy groups -OCH3 is 1. The van der Waals surface area contributed by atoms with Gasteiger partial charge in [0.25, 0.3) is 10.0 Å². The molecule has 0 aliphatic rings. The lowest BCUT2D eigenvalue weighted by atomic mass is 10.2. The van der Waals surface area contributed by atoms with E-state index in [1.54, 1.807) is 30.3 Å². The van der Waals surface area contributed by atoms with Gasteiger partial charge in [0.1, 0.15) is 5.75 Å². The molecular formula is C21H23N5O3S. The molecule has 9 heteroatoms. The highest BCUT2D eigenvalue weighted by molar-refractivity contribution is 7.90. The summed E-state index contributed by atoms with van der Waals surface area (Å²) in [5, 5.41) is 5.86. The van der Waals surface area contributed by atoms with Crippen LogP contribution in [0, 0.1) is 20.8 Å². The third-order valence-electron chi connectivity index (χ3n) is 4.10. The largest absolute Gasteiger partial charge is 0.495 e. The van der Waals surface area contributed by atoms with E-state index in [9.17, 15) is 8.42 Å². The lowest BCUT2D eigenvalue weighted by molar-refractivity contribution is 0.417. The first kappa shape index (κ1) is 21.3. The van der Waals surface area contributed by atoms with Crippen molar-refractivity contribution in [1.29, 1.82) is 0 Å². The van der Waals surface area contributed by atoms with Crippen molar-refractivity contribution in [3.8, 4) is 5.75 Å². The molecule has 2 N–H and O–H groups in total. The SMILES string of the molecule is COc1ccccc1NC(=NS(=O)(=O)c1ccc(C)cc1)Nc1nc(C)cc(C)n1. The van der Waals surface area contributed by atoms with Crippen LogP contribution < -0.4 is 15.4 Å². The molecule has 0 aliphatic carbocycles. The number of hydrogen-bond acceptors (Lipinski definition) is 5. The fourth-order valence-electron chi connectivity index (χ4n) is 2.72. The first-order chi connectivity index (χ1) is 14.3. The molecule has 156 valence electrons. The molecule has 0 saturated carbocycles. The Labute approximate surface area is 176 Å². The van der Waals surface area contributed by atoms with Gasteiger partial charge in [0.05, 0.1) is 17.7 Å². The number of nitrogens with zero attached hydrogens (tertiary/aromatic N) is 3. The van der Waals surface area contributed by atoms with Gasteiger partial charge in [-0.2, -0.15) is 8.42 Å². The molecule has 0 unspecified atom stereocenters. The maximum absolute atomic E-state index is 12.9. The van der Waals surface area contributed by atoms with Gasteiger partial charge < -0.3 is 10.1 Å². The third kappa shape index (κ3) is 5.32. The number of sulfonamides is 1. The summed E-state index contributed by atoms with van der Waals surface area (Å²) in [4.78, 5) is 8.69. The number of benzene rings is 2. The number of anilines is 2. The predicted molar refractivity (Wildman–Crippen MR) is 118 cm³/mol. The Balaban J connectivity index is 2.03. The second-order valence-corrected chi connectivity index (χ2v) is 8.26. The number of para-hydroxylation sites is 2. The van der Waals surface area contributed by atoms with Crippen molar-refractivity contribution in [2.24, 2.45) is 4.40 Å². The van der Waals surface area contributed by atoms with Gasteiger partial charge in [-0.05, 0) is 51.1 Å². The van der Waals surface area contributed by atoms with E-state index in [0.29, 0.717) is 11.4 Å². The van der Waals surface area contributed by atoms with Crippen molar-refractivity contribution in [1.82, 2.24) is 9.97 Å². The van der Waals surface area contributed by atoms with Crippen molar-refractivity contribution in [2.45, 2.75) is 25.7 Å². The Bertz CT molecular complexity index is 1160. The molecule has 0 bridgehead atoms. The average molecular weight is 426 g/mol. The van der Waals surface area contributed by atoms with Crippen LogP contribution in [0.4, 0.5) is 11.6 Å². The van der Waals surface area contributed by atoms with Crippen molar-refractivity contribution in [2.75, 3.05) is 17.7 Å². The van der Waals surface area contributed by atoms with Crippen LogP contribution in [0.1, 0.15) is 17.0 Å². The van der Waals surface area contributed by atoms with E-state index in [0.717, 1.165) is 17.0 Å². The molecule has 30 heavy (non-hydrogen) atoms. The van der Waals surface area contributed by atoms with Gasteiger partial charge in [0.15, 0.2) is 0 Å². The van der Waals surface area contributed by atoms with Gasteiger partial charge >= 0.3 is 0 Å². The molecule has 0 fully saturated rings. The molecule has 3 aromatic rings. The van der Waals surface area contributed by atoms with E-state index in [-0.39, 0.29) is 16.8 Å². The van der Waals surface area contributed by atoms with Gasteiger partial charge in [0, 0.05) is 11.4 Å². The summed E-state index contributed by atoms with van der Waals surface area (Å²) in [6.45, 7) is 5.54. The van der Waals surface area contributed by atoms with Gasteiger partial charge in [-0.25, -0.2) is 9.97 Å². The summed E-state index contributed by atoms with van der Waals surface area (Å²) in [5.41, 5.74) is 2.97. The molecule has 1 heterocycles. The number of guanidine groups is 1. The number of ether oxygens (including phenoxy) is 1. The Morgan fingerprint density at radius 3 is 2.20 bits per heavy atom. The highest BCUT2D eigenvalue weighted by Gasteiger charge is 2.17. The van der Waals surface area contributed by atoms with Crippen LogP contribution in [0.2, 0.25) is 0 Å². The minimum Gasteiger partial charge on any atom is -0.495 e. The molecule has 0 saturated heterocycles. The predicted octanol–water partition coefficient (Wildman–Crippen LogP) is 3.68. The molecule has 0 amide bonds. The van der Waals surface area contributed by atoms with Crippen molar-refractivity contribution < 1.29 is 13.2 Å². The summed E-state index contributed by atoms with van der Waals surface area (Å²) in [6, 6.07) is 15.4. The maximum atomic E-state index is 12.9. The van der Waals surface area contributed by atoms with Crippen molar-refractivity contribution in [3.05, 3.63) is 71.5 Å². The monoisotopic (exact) mass is 425 g/mol. The van der Waals surface area contributed by atoms with Crippen molar-refractivity contribution in [3.63, 3.8) is 0 Å². The van der Waals surface area contributed by atoms with Gasteiger partial charge in [0.2, 0.25) is 11.9 Å². The number of aryl methyl sites for hydroxylation is 3. The maximum Gasteiger partial charge on any atom is 0.285 e. The van der Waals surface area contributed by atoms with Gasteiger partial charge in [-0.15, -0.1) is 4.40 Å². The van der Waals surface area contributed by atoms with E-state index >= 15 is 0 Å². The van der Waals surface area contributed by atoms with Crippen LogP contribution in [0.5, 0.6) is 5.75 Å². The Kier molecular flexibility index (Phi) is 6.31. The van der Waals surface area contributed by atoms with E-state index in [4.69, 9.17) is 4.74 Å². The smallest absolute Gasteiger partial charge is 0.285 e. The normalized spacial score (nSPS) is 11.8. The number of hydrogen-bond donors (Lipinski definition) is 2. The third-order valence-corrected chi connectivity index (χ3v) is 5.39. The van der Waals surface area contributed by atoms with Crippen LogP contribution >= 0.6 is 0 Å². The Morgan fingerprint density at radius 1 is 0.933 bits per heavy atom. The molecular weight excluding hydrogens is 402 g/mol. The highest BCUT2D eigenvalue weighted by atomic mass is 32.2. The molecule has 0 atom stereocenters. The zero-order valence-corrected chi connectivity index (χ0v) is 18.0. The molecule has 8 nitrogen and oxygen atoms in total. The molecule has 3 rings (SSSR count). The fourth-order valence-corrected chi connectivity index (χ4v) is 3.64. The van der Waals surface area contributed by atoms with E-state index in [1.807, 2.05) is 32.9 Å². The molecule has 2 aromatic carbocycles. The van der Waals surface area contributed by atoms with E-state index < -0.39 is 10.0 Å². The second-order valence-electron chi connectivity index (χ2n) is 6.65. The number of aromatic nitrogens is 2. The second kappa shape index (κ2) is 8.91. The average Bonchev–Trinajstić information content (AvgIpc) is 2.67. The standard InChI is InChI=1S/C21H23N5O3S/c1-14-9-11-17(12-10-14)30(27,28)26-21(24-18-7-5-6-8-19(18)29-4)25-20-22-15(2)13-16(3)23-20/h5-13H,1-4H3,(H2,22,23,24,25,26). The van der Waals surface area contributed by atoms with E-state index in [2.05, 4.69) is 25.0 Å². The van der Waals surface area contributed by atoms with Crippen LogP contribution in [0.25, 0.3) is 0 Å². The number of rotatable bonds is 5. The Morgan fingerprint density at radius 2 is 1.57 bits per heavy atom. The lowest BCUT2D eigenvalue weighted by Crippen LogP contribution is -2.25. The molecule has 0 aliphatic heterocycles. The summed E-state index contributed by atoms with van der Waals surface area (Å²) < 4.78 is 35.1. The summed E-state index contributed by atoms with van der Waals surface area (Å²) in [6.07, 6.45) is 0. The zero-order valence-electron chi connectivity index (χ0n) is 17.2.